The summed E-state index contributed by atoms with van der Waals surface area (Å²) in [5, 5.41) is 0. The Bertz CT molecular complexity index is 3.90. The third kappa shape index (κ3) is 1790. The van der Waals surface area contributed by atoms with Gasteiger partial charge in [0.2, 0.25) is 0 Å². The predicted octanol–water partition coefficient (Wildman–Crippen LogP) is 0.382. The Labute approximate surface area is 35.8 Å². The fourth-order valence-electron chi connectivity index (χ4n) is 0. The fraction of sp³-hybridized carbons (Fsp3) is 0. The first-order valence-corrected chi connectivity index (χ1v) is 0. The summed E-state index contributed by atoms with van der Waals surface area (Å²) in [6.45, 7) is 0. The summed E-state index contributed by atoms with van der Waals surface area (Å²) in [5.41, 5.74) is 0. The van der Waals surface area contributed by atoms with Crippen LogP contribution in [0.1, 0.15) is 0 Å². The molecule has 0 saturated heterocycles. The minimum atomic E-state index is 0. The van der Waals surface area contributed by atoms with Crippen molar-refractivity contribution in [3.05, 3.63) is 0 Å². The van der Waals surface area contributed by atoms with Gasteiger partial charge in [-0.05, 0) is 0 Å². The fourth-order valence-corrected chi connectivity index (χ4v) is 0. The summed E-state index contributed by atoms with van der Waals surface area (Å²) < 4.78 is 0. The molecular formula is H5F5Si. The van der Waals surface area contributed by atoms with Crippen molar-refractivity contribution >= 4 is 11.0 Å². The molecule has 0 N–H and O–H groups in total. The van der Waals surface area contributed by atoms with Crippen LogP contribution in [-0.2, 0) is 0 Å². The van der Waals surface area contributed by atoms with Gasteiger partial charge in [0.1, 0.15) is 0 Å². The van der Waals surface area contributed by atoms with E-state index in [4.69, 9.17) is 0 Å². The van der Waals surface area contributed by atoms with E-state index in [9.17, 15) is 0 Å². The lowest BCUT2D eigenvalue weighted by atomic mass is 19.0. The highest BCUT2D eigenvalue weighted by molar-refractivity contribution is 5.75. The molecule has 0 fully saturated rings. The van der Waals surface area contributed by atoms with Crippen LogP contribution in [0.3, 0.4) is 0 Å². The zero-order valence-electron chi connectivity index (χ0n) is 2.54. The van der Waals surface area contributed by atoms with E-state index >= 15 is 0 Å². The van der Waals surface area contributed by atoms with E-state index in [2.05, 4.69) is 0 Å². The molecule has 6 heteroatoms. The molecule has 0 bridgehead atoms. The quantitative estimate of drug-likeness (QED) is 0.327. The van der Waals surface area contributed by atoms with Crippen LogP contribution in [0, 0.1) is 0 Å². The van der Waals surface area contributed by atoms with Crippen molar-refractivity contribution < 1.29 is 23.5 Å². The Kier molecular flexibility index (Phi) is 5370000. The highest BCUT2D eigenvalue weighted by Gasteiger charge is 0.0000189. The maximum Gasteiger partial charge on any atom is 0 e. The average molecular weight is 128 g/mol. The van der Waals surface area contributed by atoms with E-state index in [1.807, 2.05) is 0 Å². The first-order valence-electron chi connectivity index (χ1n) is 0. The second kappa shape index (κ2) is 4110. The predicted molar refractivity (Wildman–Crippen MR) is 18.3 cm³/mol. The van der Waals surface area contributed by atoms with Crippen LogP contribution in [0.15, 0.2) is 0 Å². The Morgan fingerprint density at radius 1 is 0.333 bits per heavy atom. The van der Waals surface area contributed by atoms with Crippen molar-refractivity contribution in [2.24, 2.45) is 0 Å². The minimum absolute atomic E-state index is 0. The molecule has 0 atom stereocenters. The molecule has 0 aromatic carbocycles. The Morgan fingerprint density at radius 2 is 0.333 bits per heavy atom. The largest absolute Gasteiger partial charge is 0.269 e. The molecule has 0 aliphatic carbocycles. The zero-order valence-corrected chi connectivity index (χ0v) is 3.54. The first-order chi connectivity index (χ1) is 0. The van der Waals surface area contributed by atoms with E-state index < -0.39 is 0 Å². The van der Waals surface area contributed by atoms with Gasteiger partial charge in [0.05, 0.1) is 0 Å². The molecule has 0 aromatic heterocycles. The van der Waals surface area contributed by atoms with E-state index in [1.54, 1.807) is 0 Å². The molecule has 0 unspecified atom stereocenters. The minimum Gasteiger partial charge on any atom is -0.269 e. The highest BCUT2D eigenvalue weighted by atomic mass is 28.1. The van der Waals surface area contributed by atoms with Gasteiger partial charge in [-0.25, -0.2) is 0 Å². The van der Waals surface area contributed by atoms with Crippen molar-refractivity contribution in [1.29, 1.82) is 0 Å². The van der Waals surface area contributed by atoms with Gasteiger partial charge in [0.15, 0.2) is 0 Å². The standard InChI is InChI=1S/5FH.Si/h5*1H;. The van der Waals surface area contributed by atoms with E-state index in [0.717, 1.165) is 0 Å². The highest BCUT2D eigenvalue weighted by Crippen LogP contribution is 0.424. The first kappa shape index (κ1) is 7840. The summed E-state index contributed by atoms with van der Waals surface area (Å²) in [5.74, 6) is 0. The topological polar surface area (TPSA) is 0 Å². The monoisotopic (exact) mass is 128 g/mol. The van der Waals surface area contributed by atoms with Crippen LogP contribution in [0.5, 0.6) is 0 Å². The molecule has 0 aromatic rings. The lowest BCUT2D eigenvalue weighted by Crippen LogP contribution is -0.381. The van der Waals surface area contributed by atoms with Crippen LogP contribution in [0.2, 0.25) is 0 Å². The normalized spacial score (nSPS) is 0. The molecule has 0 aliphatic heterocycles. The Hall–Kier alpha value is -0.133. The number of hydrogen-bond acceptors (Lipinski definition) is 0. The molecule has 6 heavy (non-hydrogen) atoms. The molecule has 0 nitrogen and oxygen atoms in total. The van der Waals surface area contributed by atoms with Gasteiger partial charge in [-0.1, -0.05) is 0 Å². The summed E-state index contributed by atoms with van der Waals surface area (Å²) in [6.07, 6.45) is 0. The molecule has 0 saturated carbocycles. The van der Waals surface area contributed by atoms with Crippen molar-refractivity contribution in [2.75, 3.05) is 0 Å². The molecular weight excluding hydrogens is 123 g/mol. The van der Waals surface area contributed by atoms with Gasteiger partial charge in [-0.15, -0.1) is 0 Å². The van der Waals surface area contributed by atoms with Crippen LogP contribution < -0.4 is 0 Å². The van der Waals surface area contributed by atoms with Crippen molar-refractivity contribution in [2.45, 2.75) is 0 Å². The molecule has 0 heterocycles. The average Bonchev–Trinajstić information content (AvgIpc) is 0. The van der Waals surface area contributed by atoms with Crippen LogP contribution in [0.25, 0.3) is 0 Å². The van der Waals surface area contributed by atoms with Crippen molar-refractivity contribution in [1.82, 2.24) is 0 Å². The summed E-state index contributed by atoms with van der Waals surface area (Å²) >= 11 is 0. The van der Waals surface area contributed by atoms with E-state index in [-0.39, 0.29) is 34.5 Å². The van der Waals surface area contributed by atoms with Crippen LogP contribution in [-0.4, -0.2) is 11.0 Å². The van der Waals surface area contributed by atoms with E-state index in [1.165, 1.54) is 0 Å². The van der Waals surface area contributed by atoms with Gasteiger partial charge in [0.25, 0.3) is 0 Å². The molecule has 0 aliphatic rings. The SMILES string of the molecule is F.F.F.F.F.[Si]. The molecule has 0 rings (SSSR count). The maximum atomic E-state index is 0. The zero-order chi connectivity index (χ0) is 0. The third-order valence-electron chi connectivity index (χ3n) is 0. The Morgan fingerprint density at radius 3 is 0.333 bits per heavy atom. The lowest BCUT2D eigenvalue weighted by molar-refractivity contribution is 1.11. The second-order valence-electron chi connectivity index (χ2n) is 0. The number of hydrogen-bond donors (Lipinski definition) is 0. The van der Waals surface area contributed by atoms with Crippen LogP contribution >= 0.6 is 0 Å². The van der Waals surface area contributed by atoms with Gasteiger partial charge in [-0.2, -0.15) is 0 Å². The smallest absolute Gasteiger partial charge is 0 e. The van der Waals surface area contributed by atoms with Gasteiger partial charge in [-0.3, -0.25) is 23.5 Å². The van der Waals surface area contributed by atoms with Gasteiger partial charge < -0.3 is 0 Å². The lowest BCUT2D eigenvalue weighted by Gasteiger charge is -0.270. The molecule has 4 radical (unpaired) electrons. The van der Waals surface area contributed by atoms with Crippen molar-refractivity contribution in [3.8, 4) is 0 Å². The van der Waals surface area contributed by atoms with Gasteiger partial charge >= 0.3 is 0 Å². The summed E-state index contributed by atoms with van der Waals surface area (Å²) in [4.78, 5) is 0. The summed E-state index contributed by atoms with van der Waals surface area (Å²) in [6, 6.07) is 0. The van der Waals surface area contributed by atoms with Crippen molar-refractivity contribution in [3.63, 3.8) is 0 Å². The second-order valence-corrected chi connectivity index (χ2v) is 0. The number of halogens is 5. The molecule has 0 spiro atoms. The maximum absolute atomic E-state index is 0. The summed E-state index contributed by atoms with van der Waals surface area (Å²) in [7, 11) is 0. The van der Waals surface area contributed by atoms with E-state index in [0.29, 0.717) is 0 Å². The third-order valence-corrected chi connectivity index (χ3v) is 0. The van der Waals surface area contributed by atoms with Gasteiger partial charge in [0, 0.05) is 11.0 Å². The number of rotatable bonds is 0. The van der Waals surface area contributed by atoms with Crippen LogP contribution in [0.4, 0.5) is 23.5 Å². The Balaban J connectivity index is 0. The molecule has 44 valence electrons. The molecule has 0 amide bonds.